The lowest BCUT2D eigenvalue weighted by atomic mass is 10.1. The van der Waals surface area contributed by atoms with Crippen LogP contribution >= 0.6 is 0 Å². The molecule has 2 N–H and O–H groups in total. The lowest BCUT2D eigenvalue weighted by Gasteiger charge is -2.11. The van der Waals surface area contributed by atoms with Gasteiger partial charge in [-0.2, -0.15) is 0 Å². The molecule has 0 heterocycles. The Labute approximate surface area is 199 Å². The second-order valence-corrected chi connectivity index (χ2v) is 9.21. The second kappa shape index (κ2) is 11.4. The number of carbonyl (C=O) groups excluding carboxylic acids is 1. The minimum absolute atomic E-state index is 0.0979. The summed E-state index contributed by atoms with van der Waals surface area (Å²) in [6, 6.07) is 18.6. The molecule has 0 aliphatic carbocycles. The molecular weight excluding hydrogens is 456 g/mol. The molecule has 0 aliphatic heterocycles. The van der Waals surface area contributed by atoms with E-state index in [-0.39, 0.29) is 17.4 Å². The summed E-state index contributed by atoms with van der Waals surface area (Å²) < 4.78 is 43.7. The van der Waals surface area contributed by atoms with Crippen molar-refractivity contribution < 1.29 is 27.4 Å². The van der Waals surface area contributed by atoms with Crippen molar-refractivity contribution in [1.82, 2.24) is 5.32 Å². The molecule has 0 saturated carbocycles. The van der Waals surface area contributed by atoms with Crippen molar-refractivity contribution >= 4 is 21.6 Å². The third-order valence-corrected chi connectivity index (χ3v) is 6.36. The van der Waals surface area contributed by atoms with Gasteiger partial charge >= 0.3 is 0 Å². The van der Waals surface area contributed by atoms with Gasteiger partial charge in [-0.3, -0.25) is 9.52 Å². The largest absolute Gasteiger partial charge is 0.493 e. The molecule has 9 heteroatoms. The molecule has 1 amide bonds. The fourth-order valence-electron chi connectivity index (χ4n) is 3.22. The van der Waals surface area contributed by atoms with Crippen LogP contribution in [0.25, 0.3) is 0 Å². The van der Waals surface area contributed by atoms with Gasteiger partial charge in [-0.25, -0.2) is 8.42 Å². The van der Waals surface area contributed by atoms with Crippen molar-refractivity contribution in [2.45, 2.75) is 18.2 Å². The highest BCUT2D eigenvalue weighted by molar-refractivity contribution is 7.92. The van der Waals surface area contributed by atoms with Crippen molar-refractivity contribution in [2.75, 3.05) is 32.1 Å². The molecule has 0 spiro atoms. The van der Waals surface area contributed by atoms with E-state index in [1.165, 1.54) is 24.3 Å². The number of ether oxygens (including phenoxy) is 3. The third-order valence-electron chi connectivity index (χ3n) is 4.96. The van der Waals surface area contributed by atoms with Gasteiger partial charge in [0.1, 0.15) is 5.75 Å². The average Bonchev–Trinajstić information content (AvgIpc) is 2.82. The van der Waals surface area contributed by atoms with E-state index in [1.807, 2.05) is 31.2 Å². The van der Waals surface area contributed by atoms with Crippen LogP contribution in [0, 0.1) is 6.92 Å². The molecule has 0 aliphatic rings. The second-order valence-electron chi connectivity index (χ2n) is 7.52. The molecule has 0 atom stereocenters. The molecule has 8 nitrogen and oxygen atoms in total. The number of hydrogen-bond acceptors (Lipinski definition) is 6. The molecule has 0 radical (unpaired) electrons. The molecule has 0 aromatic heterocycles. The molecule has 0 bridgehead atoms. The Kier molecular flexibility index (Phi) is 8.37. The lowest BCUT2D eigenvalue weighted by molar-refractivity contribution is -0.123. The predicted octanol–water partition coefficient (Wildman–Crippen LogP) is 3.55. The van der Waals surface area contributed by atoms with E-state index >= 15 is 0 Å². The summed E-state index contributed by atoms with van der Waals surface area (Å²) in [5, 5.41) is 2.79. The summed E-state index contributed by atoms with van der Waals surface area (Å²) >= 11 is 0. The van der Waals surface area contributed by atoms with Crippen molar-refractivity contribution in [2.24, 2.45) is 0 Å². The molecule has 0 fully saturated rings. The van der Waals surface area contributed by atoms with Gasteiger partial charge in [-0.05, 0) is 73.0 Å². The van der Waals surface area contributed by atoms with E-state index in [4.69, 9.17) is 14.2 Å². The summed E-state index contributed by atoms with van der Waals surface area (Å²) in [7, 11) is -0.579. The highest BCUT2D eigenvalue weighted by Crippen LogP contribution is 2.27. The van der Waals surface area contributed by atoms with Crippen LogP contribution < -0.4 is 24.2 Å². The summed E-state index contributed by atoms with van der Waals surface area (Å²) in [5.41, 5.74) is 2.44. The van der Waals surface area contributed by atoms with Crippen LogP contribution in [-0.4, -0.2) is 41.7 Å². The van der Waals surface area contributed by atoms with Gasteiger partial charge in [0, 0.05) is 12.2 Å². The van der Waals surface area contributed by atoms with E-state index in [0.717, 1.165) is 11.1 Å². The maximum absolute atomic E-state index is 12.6. The topological polar surface area (TPSA) is 103 Å². The number of methoxy groups -OCH3 is 2. The van der Waals surface area contributed by atoms with Crippen LogP contribution in [0.5, 0.6) is 17.2 Å². The fraction of sp³-hybridized carbons (Fsp3) is 0.240. The Morgan fingerprint density at radius 1 is 0.912 bits per heavy atom. The first-order valence-electron chi connectivity index (χ1n) is 10.6. The van der Waals surface area contributed by atoms with Crippen LogP contribution in [-0.2, 0) is 21.2 Å². The Balaban J connectivity index is 1.47. The smallest absolute Gasteiger partial charge is 0.261 e. The average molecular weight is 485 g/mol. The number of anilines is 1. The van der Waals surface area contributed by atoms with Crippen LogP contribution in [0.15, 0.2) is 71.6 Å². The Bertz CT molecular complexity index is 1230. The number of carbonyl (C=O) groups is 1. The molecule has 0 saturated heterocycles. The molecule has 180 valence electrons. The number of rotatable bonds is 11. The number of benzene rings is 3. The quantitative estimate of drug-likeness (QED) is 0.432. The van der Waals surface area contributed by atoms with Gasteiger partial charge in [-0.1, -0.05) is 18.2 Å². The van der Waals surface area contributed by atoms with Gasteiger partial charge in [0.15, 0.2) is 18.1 Å². The van der Waals surface area contributed by atoms with E-state index in [0.29, 0.717) is 35.9 Å². The fourth-order valence-corrected chi connectivity index (χ4v) is 4.27. The van der Waals surface area contributed by atoms with Crippen molar-refractivity contribution in [3.05, 3.63) is 77.9 Å². The van der Waals surface area contributed by atoms with Crippen molar-refractivity contribution in [1.29, 1.82) is 0 Å². The monoisotopic (exact) mass is 484 g/mol. The Morgan fingerprint density at radius 2 is 1.65 bits per heavy atom. The molecule has 34 heavy (non-hydrogen) atoms. The highest BCUT2D eigenvalue weighted by atomic mass is 32.2. The SMILES string of the molecule is COc1ccc(CCNC(=O)COc2ccc(S(=O)(=O)Nc3cccc(C)c3)cc2)cc1OC. The molecule has 3 aromatic rings. The van der Waals surface area contributed by atoms with Crippen molar-refractivity contribution in [3.63, 3.8) is 0 Å². The Morgan fingerprint density at radius 3 is 2.32 bits per heavy atom. The number of hydrogen-bond donors (Lipinski definition) is 2. The summed E-state index contributed by atoms with van der Waals surface area (Å²) in [4.78, 5) is 12.2. The number of aryl methyl sites for hydroxylation is 1. The van der Waals surface area contributed by atoms with E-state index in [2.05, 4.69) is 10.0 Å². The predicted molar refractivity (Wildman–Crippen MR) is 130 cm³/mol. The zero-order chi connectivity index (χ0) is 24.6. The van der Waals surface area contributed by atoms with E-state index in [1.54, 1.807) is 32.4 Å². The van der Waals surface area contributed by atoms with Gasteiger partial charge in [-0.15, -0.1) is 0 Å². The highest BCUT2D eigenvalue weighted by Gasteiger charge is 2.14. The first-order chi connectivity index (χ1) is 16.3. The first kappa shape index (κ1) is 24.9. The molecule has 3 rings (SSSR count). The van der Waals surface area contributed by atoms with Crippen LogP contribution in [0.4, 0.5) is 5.69 Å². The van der Waals surface area contributed by atoms with Gasteiger partial charge in [0.05, 0.1) is 19.1 Å². The van der Waals surface area contributed by atoms with Crippen molar-refractivity contribution in [3.8, 4) is 17.2 Å². The first-order valence-corrected chi connectivity index (χ1v) is 12.1. The number of sulfonamides is 1. The van der Waals surface area contributed by atoms with Gasteiger partial charge < -0.3 is 19.5 Å². The Hall–Kier alpha value is -3.72. The zero-order valence-corrected chi connectivity index (χ0v) is 20.1. The maximum atomic E-state index is 12.6. The summed E-state index contributed by atoms with van der Waals surface area (Å²) in [6.45, 7) is 2.13. The van der Waals surface area contributed by atoms with Gasteiger partial charge in [0.2, 0.25) is 0 Å². The zero-order valence-electron chi connectivity index (χ0n) is 19.3. The third kappa shape index (κ3) is 6.89. The van der Waals surface area contributed by atoms with Crippen LogP contribution in [0.2, 0.25) is 0 Å². The summed E-state index contributed by atoms with van der Waals surface area (Å²) in [6.07, 6.45) is 0.618. The van der Waals surface area contributed by atoms with E-state index in [9.17, 15) is 13.2 Å². The molecule has 0 unspecified atom stereocenters. The van der Waals surface area contributed by atoms with Gasteiger partial charge in [0.25, 0.3) is 15.9 Å². The molecule has 3 aromatic carbocycles. The normalized spacial score (nSPS) is 10.9. The minimum Gasteiger partial charge on any atom is -0.493 e. The number of nitrogens with one attached hydrogen (secondary N) is 2. The minimum atomic E-state index is -3.73. The maximum Gasteiger partial charge on any atom is 0.261 e. The summed E-state index contributed by atoms with van der Waals surface area (Å²) in [5.74, 6) is 1.39. The van der Waals surface area contributed by atoms with Crippen LogP contribution in [0.1, 0.15) is 11.1 Å². The van der Waals surface area contributed by atoms with E-state index < -0.39 is 10.0 Å². The van der Waals surface area contributed by atoms with Crippen LogP contribution in [0.3, 0.4) is 0 Å². The number of amides is 1. The molecular formula is C25H28N2O6S. The lowest BCUT2D eigenvalue weighted by Crippen LogP contribution is -2.30. The standard InChI is InChI=1S/C25H28N2O6S/c1-18-5-4-6-20(15-18)27-34(29,30)22-10-8-21(9-11-22)33-17-25(28)26-14-13-19-7-12-23(31-2)24(16-19)32-3/h4-12,15-16,27H,13-14,17H2,1-3H3,(H,26,28).